The van der Waals surface area contributed by atoms with Crippen molar-refractivity contribution in [2.24, 2.45) is 5.92 Å². The van der Waals surface area contributed by atoms with E-state index in [1.807, 2.05) is 6.33 Å². The number of nitrogen functional groups attached to an aromatic ring is 1. The maximum absolute atomic E-state index is 7.12. The van der Waals surface area contributed by atoms with Crippen LogP contribution in [0.4, 0.5) is 5.95 Å². The lowest BCUT2D eigenvalue weighted by atomic mass is 10.0. The molecule has 0 spiro atoms. The van der Waals surface area contributed by atoms with Gasteiger partial charge in [-0.2, -0.15) is 4.98 Å². The zero-order valence-electron chi connectivity index (χ0n) is 22.0. The van der Waals surface area contributed by atoms with Gasteiger partial charge in [-0.15, -0.1) is 0 Å². The summed E-state index contributed by atoms with van der Waals surface area (Å²) >= 11 is 2.18. The second kappa shape index (κ2) is 9.39. The van der Waals surface area contributed by atoms with Crippen LogP contribution in [0.25, 0.3) is 11.2 Å². The molecule has 0 aliphatic heterocycles. The first-order chi connectivity index (χ1) is 16.2. The Hall–Kier alpha value is -1.57. The summed E-state index contributed by atoms with van der Waals surface area (Å²) in [5.74, 6) is 0.558. The largest absolute Gasteiger partial charge is 0.413 e. The summed E-state index contributed by atoms with van der Waals surface area (Å²) in [5.41, 5.74) is 8.80. The van der Waals surface area contributed by atoms with Crippen LogP contribution in [0.2, 0.25) is 37.3 Å². The molecule has 188 valence electrons. The van der Waals surface area contributed by atoms with Crippen molar-refractivity contribution in [3.63, 3.8) is 0 Å². The highest BCUT2D eigenvalue weighted by Crippen LogP contribution is 2.48. The van der Waals surface area contributed by atoms with E-state index in [4.69, 9.17) is 10.2 Å². The van der Waals surface area contributed by atoms with E-state index in [1.165, 1.54) is 10.8 Å². The highest BCUT2D eigenvalue weighted by molar-refractivity contribution is 14.1. The Morgan fingerprint density at radius 2 is 1.80 bits per heavy atom. The van der Waals surface area contributed by atoms with E-state index in [0.717, 1.165) is 27.3 Å². The molecule has 3 atom stereocenters. The van der Waals surface area contributed by atoms with Crippen LogP contribution >= 0.6 is 22.6 Å². The summed E-state index contributed by atoms with van der Waals surface area (Å²) in [7, 11) is -3.71. The topological polar surface area (TPSA) is 78.8 Å². The van der Waals surface area contributed by atoms with Crippen LogP contribution in [0.5, 0.6) is 0 Å². The Morgan fingerprint density at radius 3 is 2.43 bits per heavy atom. The molecule has 1 aliphatic carbocycles. The summed E-state index contributed by atoms with van der Waals surface area (Å²) in [6.07, 6.45) is 2.88. The Labute approximate surface area is 225 Å². The van der Waals surface area contributed by atoms with Gasteiger partial charge < -0.3 is 14.7 Å². The quantitative estimate of drug-likeness (QED) is 0.155. The number of aromatic nitrogens is 4. The molecule has 3 aromatic rings. The van der Waals surface area contributed by atoms with Crippen molar-refractivity contribution in [1.82, 2.24) is 19.5 Å². The van der Waals surface area contributed by atoms with Gasteiger partial charge in [-0.3, -0.25) is 0 Å². The number of nitrogens with zero attached hydrogens (tertiary/aromatic N) is 4. The van der Waals surface area contributed by atoms with Gasteiger partial charge in [0, 0.05) is 5.92 Å². The van der Waals surface area contributed by atoms with E-state index in [-0.39, 0.29) is 29.1 Å². The zero-order chi connectivity index (χ0) is 25.8. The van der Waals surface area contributed by atoms with E-state index in [1.54, 1.807) is 0 Å². The lowest BCUT2D eigenvalue weighted by Gasteiger charge is -2.40. The predicted molar refractivity (Wildman–Crippen MR) is 159 cm³/mol. The van der Waals surface area contributed by atoms with Gasteiger partial charge in [0.25, 0.3) is 0 Å². The van der Waals surface area contributed by atoms with Gasteiger partial charge >= 0.3 is 0 Å². The van der Waals surface area contributed by atoms with Crippen molar-refractivity contribution in [2.45, 2.75) is 76.6 Å². The van der Waals surface area contributed by atoms with Crippen molar-refractivity contribution in [3.8, 4) is 0 Å². The number of fused-ring (bicyclic) bond motifs is 1. The molecule has 0 amide bonds. The fourth-order valence-electron chi connectivity index (χ4n) is 4.94. The maximum atomic E-state index is 7.12. The average Bonchev–Trinajstić information content (AvgIpc) is 3.29. The summed E-state index contributed by atoms with van der Waals surface area (Å²) in [6.45, 7) is 21.2. The molecule has 0 bridgehead atoms. The minimum absolute atomic E-state index is 0.0745. The third-order valence-electron chi connectivity index (χ3n) is 8.08. The van der Waals surface area contributed by atoms with Crippen molar-refractivity contribution < 1.29 is 4.43 Å². The van der Waals surface area contributed by atoms with E-state index < -0.39 is 16.4 Å². The molecule has 1 aromatic carbocycles. The molecule has 2 N–H and O–H groups in total. The van der Waals surface area contributed by atoms with E-state index >= 15 is 0 Å². The number of anilines is 1. The molecule has 0 radical (unpaired) electrons. The van der Waals surface area contributed by atoms with Crippen molar-refractivity contribution >= 4 is 61.3 Å². The molecular weight excluding hydrogens is 581 g/mol. The summed E-state index contributed by atoms with van der Waals surface area (Å²) < 4.78 is 10.0. The SMILES string of the molecule is C=C1[C@@H](C[Si](C)(C)c2ccccc2)[C@H](O[Si](C)(C)C(C)(C)C)C[C@H]1n1cnc2c(I)nc(N)nc21. The average molecular weight is 620 g/mol. The minimum atomic E-state index is -1.98. The minimum Gasteiger partial charge on any atom is -0.413 e. The Morgan fingerprint density at radius 1 is 1.14 bits per heavy atom. The van der Waals surface area contributed by atoms with E-state index in [0.29, 0.717) is 0 Å². The lowest BCUT2D eigenvalue weighted by molar-refractivity contribution is 0.152. The van der Waals surface area contributed by atoms with Gasteiger partial charge in [0.15, 0.2) is 14.0 Å². The van der Waals surface area contributed by atoms with Crippen LogP contribution in [0.1, 0.15) is 33.2 Å². The standard InChI is InChI=1S/C26H38IN5OSi2/c1-17-19(15-34(5,6)18-12-10-9-11-13-18)21(33-35(7,8)26(2,3)4)14-20(17)32-16-29-22-23(27)30-25(28)31-24(22)32/h9-13,16,19-21H,1,14-15H2,2-8H3,(H2,28,30,31)/t19-,20-,21-/m1/s1. The van der Waals surface area contributed by atoms with Crippen molar-refractivity contribution in [3.05, 3.63) is 52.5 Å². The van der Waals surface area contributed by atoms with Gasteiger partial charge in [0.05, 0.1) is 26.5 Å². The smallest absolute Gasteiger partial charge is 0.223 e. The molecule has 1 aliphatic rings. The molecule has 2 aromatic heterocycles. The molecule has 0 saturated heterocycles. The summed E-state index contributed by atoms with van der Waals surface area (Å²) in [5, 5.41) is 1.62. The van der Waals surface area contributed by atoms with Crippen LogP contribution in [0.3, 0.4) is 0 Å². The molecule has 2 heterocycles. The highest BCUT2D eigenvalue weighted by atomic mass is 127. The van der Waals surface area contributed by atoms with Crippen LogP contribution in [-0.4, -0.2) is 42.0 Å². The van der Waals surface area contributed by atoms with Crippen LogP contribution in [0, 0.1) is 9.62 Å². The van der Waals surface area contributed by atoms with Gasteiger partial charge in [-0.1, -0.05) is 76.0 Å². The molecule has 4 rings (SSSR count). The fourth-order valence-corrected chi connectivity index (χ4v) is 9.90. The zero-order valence-corrected chi connectivity index (χ0v) is 26.1. The Bertz CT molecular complexity index is 1240. The van der Waals surface area contributed by atoms with Crippen molar-refractivity contribution in [1.29, 1.82) is 0 Å². The van der Waals surface area contributed by atoms with Gasteiger partial charge in [0.2, 0.25) is 5.95 Å². The molecule has 1 saturated carbocycles. The number of imidazole rings is 1. The van der Waals surface area contributed by atoms with Crippen LogP contribution in [0.15, 0.2) is 48.8 Å². The third kappa shape index (κ3) is 5.14. The van der Waals surface area contributed by atoms with Crippen LogP contribution < -0.4 is 10.9 Å². The molecule has 1 fully saturated rings. The predicted octanol–water partition coefficient (Wildman–Crippen LogP) is 6.14. The second-order valence-corrected chi connectivity index (χ2v) is 22.5. The summed E-state index contributed by atoms with van der Waals surface area (Å²) in [6, 6.07) is 12.2. The molecular formula is C26H38IN5OSi2. The first kappa shape index (κ1) is 26.5. The van der Waals surface area contributed by atoms with E-state index in [2.05, 4.69) is 126 Å². The van der Waals surface area contributed by atoms with Gasteiger partial charge in [-0.05, 0) is 58.8 Å². The first-order valence-electron chi connectivity index (χ1n) is 12.3. The van der Waals surface area contributed by atoms with Gasteiger partial charge in [0.1, 0.15) is 9.22 Å². The third-order valence-corrected chi connectivity index (χ3v) is 16.7. The first-order valence-corrected chi connectivity index (χ1v) is 19.5. The number of rotatable bonds is 6. The normalized spacial score (nSPS) is 21.7. The molecule has 35 heavy (non-hydrogen) atoms. The number of halogens is 1. The van der Waals surface area contributed by atoms with Crippen molar-refractivity contribution in [2.75, 3.05) is 5.73 Å². The number of nitrogens with two attached hydrogens (primary N) is 1. The number of benzene rings is 1. The summed E-state index contributed by atoms with van der Waals surface area (Å²) in [4.78, 5) is 13.5. The van der Waals surface area contributed by atoms with Crippen LogP contribution in [-0.2, 0) is 4.43 Å². The molecule has 6 nitrogen and oxygen atoms in total. The lowest BCUT2D eigenvalue weighted by Crippen LogP contribution is -2.48. The van der Waals surface area contributed by atoms with Gasteiger partial charge in [-0.25, -0.2) is 9.97 Å². The second-order valence-electron chi connectivity index (χ2n) is 12.0. The van der Waals surface area contributed by atoms with E-state index in [9.17, 15) is 0 Å². The Balaban J connectivity index is 1.73. The monoisotopic (exact) mass is 619 g/mol. The highest BCUT2D eigenvalue weighted by Gasteiger charge is 2.47. The molecule has 0 unspecified atom stereocenters. The number of hydrogen-bond donors (Lipinski definition) is 1. The Kier molecular flexibility index (Phi) is 7.11. The molecule has 9 heteroatoms. The number of hydrogen-bond acceptors (Lipinski definition) is 5. The maximum Gasteiger partial charge on any atom is 0.223 e. The fraction of sp³-hybridized carbons (Fsp3) is 0.500.